The van der Waals surface area contributed by atoms with Crippen LogP contribution in [0.1, 0.15) is 32.1 Å². The minimum Gasteiger partial charge on any atom is -0.460 e. The Morgan fingerprint density at radius 2 is 1.72 bits per heavy atom. The Hall–Kier alpha value is -0.830. The molecule has 0 radical (unpaired) electrons. The lowest BCUT2D eigenvalue weighted by Gasteiger charge is -2.22. The van der Waals surface area contributed by atoms with Crippen molar-refractivity contribution in [1.29, 1.82) is 0 Å². The van der Waals surface area contributed by atoms with Crippen LogP contribution in [0.4, 0.5) is 0 Å². The fourth-order valence-electron chi connectivity index (χ4n) is 4.66. The third kappa shape index (κ3) is 1.99. The van der Waals surface area contributed by atoms with Gasteiger partial charge in [-0.05, 0) is 49.4 Å². The molecule has 0 spiro atoms. The Morgan fingerprint density at radius 3 is 2.33 bits per heavy atom. The minimum atomic E-state index is -0.357. The zero-order valence-electron chi connectivity index (χ0n) is 10.8. The van der Waals surface area contributed by atoms with Gasteiger partial charge in [-0.1, -0.05) is 13.0 Å². The van der Waals surface area contributed by atoms with Crippen LogP contribution in [0.25, 0.3) is 0 Å². The van der Waals surface area contributed by atoms with Gasteiger partial charge in [0.05, 0.1) is 12.7 Å². The van der Waals surface area contributed by atoms with Crippen LogP contribution in [0.5, 0.6) is 0 Å². The predicted molar refractivity (Wildman–Crippen MR) is 67.9 cm³/mol. The summed E-state index contributed by atoms with van der Waals surface area (Å²) >= 11 is 0. The predicted octanol–water partition coefficient (Wildman–Crippen LogP) is 2.56. The molecule has 0 saturated heterocycles. The van der Waals surface area contributed by atoms with Crippen molar-refractivity contribution in [1.82, 2.24) is 0 Å². The number of hydrogen-bond acceptors (Lipinski definition) is 3. The molecule has 3 saturated carbocycles. The first-order valence-corrected chi connectivity index (χ1v) is 7.22. The van der Waals surface area contributed by atoms with E-state index in [-0.39, 0.29) is 5.97 Å². The highest BCUT2D eigenvalue weighted by molar-refractivity contribution is 5.81. The first-order chi connectivity index (χ1) is 8.81. The van der Waals surface area contributed by atoms with Crippen molar-refractivity contribution >= 4 is 5.97 Å². The largest absolute Gasteiger partial charge is 0.460 e. The van der Waals surface area contributed by atoms with Crippen LogP contribution in [-0.4, -0.2) is 25.3 Å². The number of carbonyl (C=O) groups is 1. The monoisotopic (exact) mass is 250 g/mol. The molecule has 3 aliphatic carbocycles. The molecule has 0 aromatic rings. The molecule has 3 rings (SSSR count). The van der Waals surface area contributed by atoms with Crippen molar-refractivity contribution in [3.63, 3.8) is 0 Å². The van der Waals surface area contributed by atoms with Crippen molar-refractivity contribution in [2.24, 2.45) is 23.7 Å². The van der Waals surface area contributed by atoms with E-state index in [9.17, 15) is 4.79 Å². The Morgan fingerprint density at radius 1 is 1.06 bits per heavy atom. The lowest BCUT2D eigenvalue weighted by Crippen LogP contribution is -2.23. The molecule has 0 amide bonds. The number of ether oxygens (including phenoxy) is 2. The summed E-state index contributed by atoms with van der Waals surface area (Å²) in [6, 6.07) is 0. The normalized spacial score (nSPS) is 40.8. The van der Waals surface area contributed by atoms with Gasteiger partial charge in [0.1, 0.15) is 6.61 Å². The van der Waals surface area contributed by atoms with Crippen molar-refractivity contribution in [3.05, 3.63) is 12.7 Å². The molecule has 4 unspecified atom stereocenters. The average Bonchev–Trinajstić information content (AvgIpc) is 3.05. The number of fused-ring (bicyclic) bond motifs is 5. The second kappa shape index (κ2) is 5.04. The molecule has 0 N–H and O–H groups in total. The Balaban J connectivity index is 1.47. The van der Waals surface area contributed by atoms with E-state index < -0.39 is 0 Å². The Bertz CT molecular complexity index is 321. The van der Waals surface area contributed by atoms with Gasteiger partial charge < -0.3 is 9.47 Å². The highest BCUT2D eigenvalue weighted by Gasteiger charge is 2.56. The van der Waals surface area contributed by atoms with Crippen LogP contribution in [0, 0.1) is 23.7 Å². The van der Waals surface area contributed by atoms with Crippen molar-refractivity contribution in [2.75, 3.05) is 13.2 Å². The van der Waals surface area contributed by atoms with Crippen molar-refractivity contribution in [3.8, 4) is 0 Å². The molecule has 3 nitrogen and oxygen atoms in total. The standard InChI is InChI=1S/C15H22O3/c1-2-14(16)17-8-9-18-15-12-6-7-13(15)11-5-3-4-10(11)12/h2,10-13,15H,1,3-9H2. The van der Waals surface area contributed by atoms with Gasteiger partial charge in [-0.25, -0.2) is 4.79 Å². The summed E-state index contributed by atoms with van der Waals surface area (Å²) in [4.78, 5) is 10.9. The Labute approximate surface area is 109 Å². The van der Waals surface area contributed by atoms with E-state index in [1.807, 2.05) is 0 Å². The molecule has 0 aromatic heterocycles. The fraction of sp³-hybridized carbons (Fsp3) is 0.800. The van der Waals surface area contributed by atoms with Crippen LogP contribution < -0.4 is 0 Å². The number of carbonyl (C=O) groups excluding carboxylic acids is 1. The highest BCUT2D eigenvalue weighted by atomic mass is 16.6. The molecule has 100 valence electrons. The van der Waals surface area contributed by atoms with Crippen LogP contribution in [0.2, 0.25) is 0 Å². The van der Waals surface area contributed by atoms with Gasteiger partial charge in [-0.15, -0.1) is 0 Å². The second-order valence-corrected chi connectivity index (χ2v) is 5.87. The molecule has 2 bridgehead atoms. The number of rotatable bonds is 5. The molecule has 3 aliphatic rings. The van der Waals surface area contributed by atoms with Crippen LogP contribution in [0.15, 0.2) is 12.7 Å². The number of esters is 1. The first kappa shape index (κ1) is 12.2. The van der Waals surface area contributed by atoms with Gasteiger partial charge in [-0.3, -0.25) is 0 Å². The van der Waals surface area contributed by atoms with Gasteiger partial charge in [0.25, 0.3) is 0 Å². The summed E-state index contributed by atoms with van der Waals surface area (Å²) in [5.74, 6) is 3.09. The lowest BCUT2D eigenvalue weighted by atomic mass is 9.82. The van der Waals surface area contributed by atoms with E-state index in [2.05, 4.69) is 6.58 Å². The summed E-state index contributed by atoms with van der Waals surface area (Å²) in [7, 11) is 0. The molecule has 0 heterocycles. The average molecular weight is 250 g/mol. The van der Waals surface area contributed by atoms with E-state index in [4.69, 9.17) is 9.47 Å². The highest BCUT2D eigenvalue weighted by Crippen LogP contribution is 2.59. The molecular weight excluding hydrogens is 228 g/mol. The van der Waals surface area contributed by atoms with Crippen molar-refractivity contribution in [2.45, 2.75) is 38.2 Å². The van der Waals surface area contributed by atoms with E-state index >= 15 is 0 Å². The van der Waals surface area contributed by atoms with Gasteiger partial charge in [0.2, 0.25) is 0 Å². The van der Waals surface area contributed by atoms with Gasteiger partial charge in [0, 0.05) is 6.08 Å². The fourth-order valence-corrected chi connectivity index (χ4v) is 4.66. The number of hydrogen-bond donors (Lipinski definition) is 0. The van der Waals surface area contributed by atoms with E-state index in [0.29, 0.717) is 19.3 Å². The van der Waals surface area contributed by atoms with Gasteiger partial charge in [-0.2, -0.15) is 0 Å². The molecule has 3 heteroatoms. The van der Waals surface area contributed by atoms with Gasteiger partial charge in [0.15, 0.2) is 0 Å². The molecular formula is C15H22O3. The SMILES string of the molecule is C=CC(=O)OCCOC1C2CCC1C1CCCC12. The summed E-state index contributed by atoms with van der Waals surface area (Å²) in [5, 5.41) is 0. The van der Waals surface area contributed by atoms with Crippen LogP contribution in [0.3, 0.4) is 0 Å². The van der Waals surface area contributed by atoms with E-state index in [1.54, 1.807) is 0 Å². The summed E-state index contributed by atoms with van der Waals surface area (Å²) in [6.07, 6.45) is 8.60. The first-order valence-electron chi connectivity index (χ1n) is 7.22. The maximum atomic E-state index is 10.9. The molecule has 0 aliphatic heterocycles. The van der Waals surface area contributed by atoms with E-state index in [0.717, 1.165) is 23.7 Å². The quantitative estimate of drug-likeness (QED) is 0.427. The lowest BCUT2D eigenvalue weighted by molar-refractivity contribution is -0.140. The van der Waals surface area contributed by atoms with Gasteiger partial charge >= 0.3 is 5.97 Å². The summed E-state index contributed by atoms with van der Waals surface area (Å²) in [6.45, 7) is 4.27. The summed E-state index contributed by atoms with van der Waals surface area (Å²) in [5.41, 5.74) is 0. The zero-order valence-corrected chi connectivity index (χ0v) is 10.8. The maximum Gasteiger partial charge on any atom is 0.330 e. The Kier molecular flexibility index (Phi) is 3.42. The zero-order chi connectivity index (χ0) is 12.5. The topological polar surface area (TPSA) is 35.5 Å². The van der Waals surface area contributed by atoms with Crippen LogP contribution >= 0.6 is 0 Å². The van der Waals surface area contributed by atoms with E-state index in [1.165, 1.54) is 38.2 Å². The summed E-state index contributed by atoms with van der Waals surface area (Å²) < 4.78 is 11.0. The molecule has 4 atom stereocenters. The van der Waals surface area contributed by atoms with Crippen molar-refractivity contribution < 1.29 is 14.3 Å². The molecule has 3 fully saturated rings. The maximum absolute atomic E-state index is 10.9. The third-order valence-electron chi connectivity index (χ3n) is 5.21. The third-order valence-corrected chi connectivity index (χ3v) is 5.21. The molecule has 18 heavy (non-hydrogen) atoms. The second-order valence-electron chi connectivity index (χ2n) is 5.87. The molecule has 0 aromatic carbocycles. The smallest absolute Gasteiger partial charge is 0.330 e. The van der Waals surface area contributed by atoms with Crippen LogP contribution in [-0.2, 0) is 14.3 Å². The minimum absolute atomic E-state index is 0.357.